The number of Topliss-reactive ketones (excluding diaryl/α,β-unsaturated/α-hetero) is 1. The average Bonchev–Trinajstić information content (AvgIpc) is 1.52. The number of nitrogen functional groups attached to an aromatic ring is 4. The van der Waals surface area contributed by atoms with Gasteiger partial charge in [0, 0.05) is 51.8 Å². The molecule has 0 amide bonds. The Balaban J connectivity index is 0.000000226. The molecule has 39 heteroatoms. The normalized spacial score (nSPS) is 12.3. The van der Waals surface area contributed by atoms with Crippen molar-refractivity contribution < 1.29 is 122 Å². The van der Waals surface area contributed by atoms with Crippen molar-refractivity contribution in [3.8, 4) is 34.1 Å². The fraction of sp³-hybridized carbons (Fsp3) is 0.152. The highest BCUT2D eigenvalue weighted by atomic mass is 35.5. The molecule has 0 saturated carbocycles. The number of carboxylic acid groups (broad SMARTS) is 3. The number of carbonyl (C=O) groups excluding carboxylic acids is 4. The molecule has 4 heterocycles. The molecule has 15 N–H and O–H groups in total. The Morgan fingerprint density at radius 2 is 0.966 bits per heavy atom. The number of rotatable bonds is 18. The molecule has 13 rings (SSSR count). The smallest absolute Gasteiger partial charge is 0.488 e. The lowest BCUT2D eigenvalue weighted by Crippen LogP contribution is -2.24. The zero-order chi connectivity index (χ0) is 86.4. The predicted octanol–water partition coefficient (Wildman–Crippen LogP) is 17.0. The third-order valence-electron chi connectivity index (χ3n) is 15.6. The third kappa shape index (κ3) is 26.2. The number of amidine groups is 4. The lowest BCUT2D eigenvalue weighted by Gasteiger charge is -2.18. The average molecular weight is 1740 g/mol. The fourth-order valence-corrected chi connectivity index (χ4v) is 14.0. The molecule has 25 nitrogen and oxygen atoms in total. The van der Waals surface area contributed by atoms with Crippen LogP contribution >= 0.6 is 57.8 Å². The first kappa shape index (κ1) is 93.7. The highest BCUT2D eigenvalue weighted by Gasteiger charge is 2.40. The van der Waals surface area contributed by atoms with Crippen molar-refractivity contribution in [2.45, 2.75) is 56.8 Å². The lowest BCUT2D eigenvalue weighted by atomic mass is 10.0. The second kappa shape index (κ2) is 41.9. The van der Waals surface area contributed by atoms with E-state index in [1.165, 1.54) is 72.7 Å². The van der Waals surface area contributed by atoms with Gasteiger partial charge < -0.3 is 71.4 Å². The standard InChI is InChI=1S/C22H18N2OS.C20H18N2O5S.C18H14N2O2S.C13H14N2O3S.3C2HF3O2.ClH/c23-22(24)20-13-17-19(26-20)12-11-18(21(17)16-9-5-2-6-10-16)25-14-15-7-3-1-4-8-15;1-25-19(23)13-5-3-4-12(8-13)17(20(24)26-2)27-14-7-6-11-9-16(18(21)22)28-15(11)10-14;19-18(20)17-8-10-7-11(5-6-16(10)23-17)22-15-9-14(21)12-3-1-2-4-13(12)15;1-7(13(16)17-2)18-9-4-3-5-10-8(9)6-11(19-10)12(14)15;3*3-2(4,5)1(6)7;/h1-13H,14H2,(H3,23,24);3-10,17H,1-2H3,(H3,21,22);1-8,15H,9H2,(H3,19,20);3-7H,1-2H3,(H3,14,15);3*(H,6,7);1H. The number of aliphatic carboxylic acids is 3. The van der Waals surface area contributed by atoms with Crippen molar-refractivity contribution in [3.05, 3.63) is 248 Å². The number of ketones is 1. The number of carbonyl (C=O) groups is 7. The van der Waals surface area contributed by atoms with Crippen LogP contribution in [0.15, 0.2) is 200 Å². The van der Waals surface area contributed by atoms with Crippen LogP contribution in [0.3, 0.4) is 0 Å². The Kier molecular flexibility index (Phi) is 33.3. The Morgan fingerprint density at radius 1 is 0.483 bits per heavy atom. The predicted molar refractivity (Wildman–Crippen MR) is 430 cm³/mol. The van der Waals surface area contributed by atoms with E-state index in [9.17, 15) is 58.7 Å². The molecule has 1 aliphatic carbocycles. The minimum Gasteiger partial charge on any atom is -0.488 e. The Hall–Kier alpha value is -13.2. The molecule has 0 aliphatic heterocycles. The minimum absolute atomic E-state index is 0. The third-order valence-corrected chi connectivity index (χ3v) is 20.2. The summed E-state index contributed by atoms with van der Waals surface area (Å²) in [7, 11) is 3.88. The molecule has 620 valence electrons. The van der Waals surface area contributed by atoms with Gasteiger partial charge >= 0.3 is 54.3 Å². The van der Waals surface area contributed by atoms with E-state index in [4.69, 9.17) is 103 Å². The SMILES string of the molecule is COC(=O)C(C)Oc1cccc2sc(C(=N)N)cc12.COC(=O)c1cccc(C(Oc2ccc3cc(C(=N)N)sc3c2)C(=O)OC)c1.Cl.N=C(N)c1cc2c(-c3ccccc3)c(OCc3ccccc3)ccc2s1.N=C(N)c1cc2cc(OC3CC(=O)c4ccccc43)ccc2s1.O=C(O)C(F)(F)F.O=C(O)C(F)(F)F.O=C(O)C(F)(F)F. The molecule has 3 atom stereocenters. The van der Waals surface area contributed by atoms with E-state index in [1.54, 1.807) is 49.4 Å². The first-order valence-corrected chi connectivity index (χ1v) is 36.5. The highest BCUT2D eigenvalue weighted by molar-refractivity contribution is 7.22. The molecule has 0 bridgehead atoms. The number of hydrogen-bond acceptors (Lipinski definition) is 22. The topological polar surface area (TPSA) is 444 Å². The van der Waals surface area contributed by atoms with Crippen molar-refractivity contribution in [2.24, 2.45) is 22.9 Å². The molecule has 12 aromatic rings. The van der Waals surface area contributed by atoms with Gasteiger partial charge in [0.2, 0.25) is 6.10 Å². The maximum absolute atomic E-state index is 12.3. The first-order valence-electron chi connectivity index (χ1n) is 33.2. The van der Waals surface area contributed by atoms with Crippen LogP contribution in [0.2, 0.25) is 0 Å². The quantitative estimate of drug-likeness (QED) is 0.0125. The number of esters is 3. The van der Waals surface area contributed by atoms with E-state index < -0.39 is 66.6 Å². The van der Waals surface area contributed by atoms with Crippen molar-refractivity contribution in [3.63, 3.8) is 0 Å². The second-order valence-corrected chi connectivity index (χ2v) is 28.1. The van der Waals surface area contributed by atoms with E-state index in [-0.39, 0.29) is 47.6 Å². The number of carboxylic acids is 3. The zero-order valence-corrected chi connectivity index (χ0v) is 65.6. The van der Waals surface area contributed by atoms with Gasteiger partial charge in [-0.25, -0.2) is 28.8 Å². The number of methoxy groups -OCH3 is 3. The monoisotopic (exact) mass is 1730 g/mol. The first-order chi connectivity index (χ1) is 55.1. The lowest BCUT2D eigenvalue weighted by molar-refractivity contribution is -0.193. The number of benzene rings is 8. The molecule has 4 aromatic heterocycles. The summed E-state index contributed by atoms with van der Waals surface area (Å²) in [6.07, 6.45) is -16.8. The van der Waals surface area contributed by atoms with Crippen LogP contribution in [0.1, 0.15) is 82.5 Å². The van der Waals surface area contributed by atoms with Crippen LogP contribution in [0, 0.1) is 21.6 Å². The van der Waals surface area contributed by atoms with Gasteiger partial charge in [-0.05, 0) is 126 Å². The largest absolute Gasteiger partial charge is 0.490 e. The summed E-state index contributed by atoms with van der Waals surface area (Å²) in [5, 5.41) is 55.5. The minimum atomic E-state index is -5.08. The summed E-state index contributed by atoms with van der Waals surface area (Å²) < 4.78 is 137. The van der Waals surface area contributed by atoms with Gasteiger partial charge in [0.25, 0.3) is 0 Å². The van der Waals surface area contributed by atoms with Crippen LogP contribution in [-0.2, 0) is 44.8 Å². The van der Waals surface area contributed by atoms with Crippen LogP contribution in [-0.4, -0.2) is 126 Å². The highest BCUT2D eigenvalue weighted by Crippen LogP contribution is 2.42. The summed E-state index contributed by atoms with van der Waals surface area (Å²) in [6.45, 7) is 2.14. The summed E-state index contributed by atoms with van der Waals surface area (Å²) >= 11 is 5.79. The van der Waals surface area contributed by atoms with Crippen LogP contribution in [0.4, 0.5) is 39.5 Å². The van der Waals surface area contributed by atoms with Gasteiger partial charge in [0.1, 0.15) is 59.1 Å². The maximum Gasteiger partial charge on any atom is 0.490 e. The van der Waals surface area contributed by atoms with Crippen molar-refractivity contribution in [1.29, 1.82) is 21.6 Å². The zero-order valence-electron chi connectivity index (χ0n) is 61.5. The fourth-order valence-electron chi connectivity index (χ4n) is 10.2. The number of nitrogens with one attached hydrogen (secondary N) is 4. The number of fused-ring (bicyclic) bond motifs is 5. The van der Waals surface area contributed by atoms with Gasteiger partial charge in [-0.2, -0.15) is 39.5 Å². The van der Waals surface area contributed by atoms with E-state index in [0.29, 0.717) is 45.4 Å². The molecule has 8 aromatic carbocycles. The molecular weight excluding hydrogens is 1670 g/mol. The molecule has 1 aliphatic rings. The number of ether oxygens (including phenoxy) is 7. The second-order valence-electron chi connectivity index (χ2n) is 23.8. The maximum atomic E-state index is 12.3. The number of hydrogen-bond donors (Lipinski definition) is 11. The van der Waals surface area contributed by atoms with Gasteiger partial charge in [-0.15, -0.1) is 57.8 Å². The van der Waals surface area contributed by atoms with Gasteiger partial charge in [0.15, 0.2) is 11.9 Å². The van der Waals surface area contributed by atoms with E-state index in [0.717, 1.165) is 89.4 Å². The molecular formula is C79H68ClF9N8O17S4. The summed E-state index contributed by atoms with van der Waals surface area (Å²) in [5.41, 5.74) is 28.0. The van der Waals surface area contributed by atoms with Gasteiger partial charge in [-0.3, -0.25) is 26.4 Å². The van der Waals surface area contributed by atoms with E-state index in [1.807, 2.05) is 127 Å². The van der Waals surface area contributed by atoms with Crippen molar-refractivity contribution in [1.82, 2.24) is 0 Å². The Labute approximate surface area is 685 Å². The number of nitrogens with two attached hydrogens (primary N) is 4. The Bertz CT molecular complexity index is 5590. The molecule has 118 heavy (non-hydrogen) atoms. The van der Waals surface area contributed by atoms with Crippen molar-refractivity contribution >= 4 is 163 Å². The Morgan fingerprint density at radius 3 is 1.52 bits per heavy atom. The van der Waals surface area contributed by atoms with Gasteiger partial charge in [-0.1, -0.05) is 103 Å². The molecule has 0 spiro atoms. The molecule has 3 unspecified atom stereocenters. The molecule has 0 fully saturated rings. The van der Waals surface area contributed by atoms with E-state index >= 15 is 0 Å². The van der Waals surface area contributed by atoms with Crippen LogP contribution < -0.4 is 41.9 Å². The summed E-state index contributed by atoms with van der Waals surface area (Å²) in [5.74, 6) is -6.92. The van der Waals surface area contributed by atoms with Crippen LogP contribution in [0.25, 0.3) is 51.5 Å². The number of halogens is 10. The van der Waals surface area contributed by atoms with E-state index in [2.05, 4.69) is 29.0 Å². The summed E-state index contributed by atoms with van der Waals surface area (Å²) in [6, 6.07) is 62.6. The number of alkyl halides is 9. The summed E-state index contributed by atoms with van der Waals surface area (Å²) in [4.78, 5) is 77.1. The molecule has 0 saturated heterocycles. The van der Waals surface area contributed by atoms with Crippen LogP contribution in [0.5, 0.6) is 23.0 Å². The van der Waals surface area contributed by atoms with Crippen molar-refractivity contribution in [2.75, 3.05) is 21.3 Å². The van der Waals surface area contributed by atoms with Gasteiger partial charge in [0.05, 0.1) is 52.8 Å². The number of thiophene rings is 4. The molecule has 0 radical (unpaired) electrons.